The molecule has 0 spiro atoms. The summed E-state index contributed by atoms with van der Waals surface area (Å²) in [6, 6.07) is 29.0. The molecule has 0 N–H and O–H groups in total. The fourth-order valence-corrected chi connectivity index (χ4v) is 16.2. The van der Waals surface area contributed by atoms with Crippen LogP contribution in [0.15, 0.2) is 139 Å². The number of benzene rings is 8. The summed E-state index contributed by atoms with van der Waals surface area (Å²) in [4.78, 5) is 14.2. The zero-order chi connectivity index (χ0) is 111. The van der Waals surface area contributed by atoms with Crippen molar-refractivity contribution in [3.05, 3.63) is 279 Å². The Morgan fingerprint density at radius 2 is 0.653 bits per heavy atom. The second-order valence-electron chi connectivity index (χ2n) is 36.9. The Morgan fingerprint density at radius 1 is 0.306 bits per heavy atom. The standard InChI is InChI=1S/4C28H31N2O/c1-16-12-17(2)26(27-25(16)22-11-10-21(29-8)14-24(22)31-27)23-13-20(15-28(5,6)7)18(3)19(4)30(23)9;1-16-10-11-22-25-17(2)12-21(29-8)14-24(25)31-27(22)26(16)23-13-20(15-28(5,6)7)18(3)19(4)30(23)9;1-16-10-11-21-22-12-17(2)23(29-8)14-25(22)31-27(21)26(16)24-13-20(15-28(5,6)7)18(3)19(4)30(24)9;1-16-10-11-22-21-12-13-23(29-8)18(3)26(21)31-27(22)25(16)24-14-20(15-28(5,6)7)17(2)19(4)30(24)9/h4*10-14H,15H2,1-7,9H3/q4*+1/i3*3D3,13D,15D2;2D3,14D,15D2. The highest BCUT2D eigenvalue weighted by Crippen LogP contribution is 2.47. The normalized spacial score (nSPS) is 15.7. The van der Waals surface area contributed by atoms with Gasteiger partial charge in [-0.3, -0.25) is 0 Å². The van der Waals surface area contributed by atoms with Crippen molar-refractivity contribution in [3.8, 4) is 45.0 Å². The van der Waals surface area contributed by atoms with Gasteiger partial charge in [0.25, 0.3) is 0 Å². The van der Waals surface area contributed by atoms with E-state index in [0.29, 0.717) is 135 Å². The molecule has 8 aromatic carbocycles. The van der Waals surface area contributed by atoms with Gasteiger partial charge in [0, 0.05) is 145 Å². The maximum absolute atomic E-state index is 9.31. The van der Waals surface area contributed by atoms with Gasteiger partial charge in [-0.05, 0) is 215 Å². The van der Waals surface area contributed by atoms with Crippen LogP contribution in [0.5, 0.6) is 0 Å². The minimum absolute atomic E-state index is 0.120. The van der Waals surface area contributed by atoms with E-state index in [1.807, 2.05) is 122 Å². The highest BCUT2D eigenvalue weighted by molar-refractivity contribution is 6.15. The van der Waals surface area contributed by atoms with Crippen molar-refractivity contribution in [1.82, 2.24) is 0 Å². The number of hydrogen-bond donors (Lipinski definition) is 0. The smallest absolute Gasteiger partial charge is 0.216 e. The SMILES string of the molecule is [2H]c1c(C([2H])([2H])C(C)(C)C)c(C([2H])([2H])[2H])c(C)[n+](C)c1-c1c(C)cc(C)c2c1oc1cc([N+]#[C-])ccc12.[2H]c1c(C([2H])([2H])C(C)(C)C)c(C([2H])([2H])[2H])c(C)[n+](C)c1-c1c(C)ccc2c1oc1c(C)c([N+]#[C-])ccc12.[2H]c1c(C([2H])([2H])C(C)(C)C)c(C([2H])([2H])[2H])c(C)[n+](C)c1-c1c(C)ccc2c1oc1cc([N+]#[C-])c(C)cc12.[2H]c1c(C([2H])([2H])C(C)(C)C)c(C([2H])([2H])[2H])c(C)[n+](C)c1-c1c(C)ccc2c1oc1cc([N+]#[C-])cc(C)c12. The van der Waals surface area contributed by atoms with Crippen molar-refractivity contribution in [2.75, 3.05) is 0 Å². The van der Waals surface area contributed by atoms with Crippen molar-refractivity contribution < 1.29 is 68.8 Å². The van der Waals surface area contributed by atoms with Gasteiger partial charge < -0.3 is 17.7 Å². The molecule has 12 nitrogen and oxygen atoms in total. The van der Waals surface area contributed by atoms with Crippen molar-refractivity contribution >= 4 is 111 Å². The monoisotopic (exact) mass is 1670 g/mol. The second kappa shape index (κ2) is 33.3. The molecule has 16 aromatic rings. The molecular formula is C112H124N8O4+4. The lowest BCUT2D eigenvalue weighted by atomic mass is 9.85. The van der Waals surface area contributed by atoms with Gasteiger partial charge in [0.05, 0.1) is 54.0 Å². The topological polar surface area (TPSA) is 85.5 Å². The van der Waals surface area contributed by atoms with Gasteiger partial charge in [-0.1, -0.05) is 162 Å². The molecule has 0 aliphatic rings. The number of fused-ring (bicyclic) bond motifs is 12. The molecule has 8 aromatic heterocycles. The van der Waals surface area contributed by atoms with Gasteiger partial charge in [-0.25, -0.2) is 19.4 Å². The summed E-state index contributed by atoms with van der Waals surface area (Å²) in [6.45, 7) is 61.6. The van der Waals surface area contributed by atoms with Crippen LogP contribution in [0.25, 0.3) is 152 Å². The average molecular weight is 1670 g/mol. The molecule has 0 amide bonds. The molecule has 0 unspecified atom stereocenters. The minimum Gasteiger partial charge on any atom is -0.456 e. The summed E-state index contributed by atoms with van der Waals surface area (Å²) in [6.07, 6.45) is -8.45. The summed E-state index contributed by atoms with van der Waals surface area (Å²) in [5.74, 6) is 0. The Bertz CT molecular complexity index is 8350. The third kappa shape index (κ3) is 16.9. The third-order valence-electron chi connectivity index (χ3n) is 22.9. The Labute approximate surface area is 768 Å². The molecule has 0 saturated heterocycles. The predicted octanol–water partition coefficient (Wildman–Crippen LogP) is 29.8. The van der Waals surface area contributed by atoms with Gasteiger partial charge in [0.15, 0.2) is 45.5 Å². The predicted molar refractivity (Wildman–Crippen MR) is 515 cm³/mol. The van der Waals surface area contributed by atoms with Crippen LogP contribution in [0, 0.1) is 158 Å². The van der Waals surface area contributed by atoms with Crippen LogP contribution in [0.3, 0.4) is 0 Å². The van der Waals surface area contributed by atoms with Crippen molar-refractivity contribution in [2.24, 2.45) is 49.9 Å². The molecular weight excluding hydrogens is 1520 g/mol. The van der Waals surface area contributed by atoms with E-state index in [9.17, 15) is 5.48 Å². The average Bonchev–Trinajstić information content (AvgIpc) is 1.38. The van der Waals surface area contributed by atoms with Crippen LogP contribution >= 0.6 is 0 Å². The lowest BCUT2D eigenvalue weighted by molar-refractivity contribution is -0.667. The molecule has 0 saturated carbocycles. The lowest BCUT2D eigenvalue weighted by Gasteiger charge is -2.21. The minimum atomic E-state index is -2.61. The van der Waals surface area contributed by atoms with E-state index < -0.39 is 74.6 Å². The highest BCUT2D eigenvalue weighted by Gasteiger charge is 2.33. The van der Waals surface area contributed by atoms with E-state index in [0.717, 1.165) is 87.6 Å². The lowest BCUT2D eigenvalue weighted by Crippen LogP contribution is -2.36. The number of rotatable bonds is 8. The molecule has 8 heterocycles. The van der Waals surface area contributed by atoms with E-state index in [1.54, 1.807) is 188 Å². The molecule has 0 aliphatic heterocycles. The zero-order valence-electron chi connectivity index (χ0n) is 100. The molecule has 0 bridgehead atoms. The van der Waals surface area contributed by atoms with E-state index in [2.05, 4.69) is 19.4 Å². The Balaban J connectivity index is 0.000000165. The number of hydrogen-bond acceptors (Lipinski definition) is 4. The van der Waals surface area contributed by atoms with Gasteiger partial charge in [0.2, 0.25) is 22.8 Å². The van der Waals surface area contributed by atoms with Crippen LogP contribution < -0.4 is 18.3 Å². The molecule has 632 valence electrons. The highest BCUT2D eigenvalue weighted by atomic mass is 16.3. The molecule has 16 rings (SSSR count). The fourth-order valence-electron chi connectivity index (χ4n) is 16.2. The summed E-state index contributed by atoms with van der Waals surface area (Å²) in [7, 11) is 6.82. The van der Waals surface area contributed by atoms with E-state index in [-0.39, 0.29) is 68.7 Å². The summed E-state index contributed by atoms with van der Waals surface area (Å²) >= 11 is 0. The number of furan rings is 4. The Morgan fingerprint density at radius 3 is 1.07 bits per heavy atom. The zero-order valence-corrected chi connectivity index (χ0v) is 76.4. The Hall–Kier alpha value is -12.5. The van der Waals surface area contributed by atoms with E-state index >= 15 is 0 Å². The van der Waals surface area contributed by atoms with Gasteiger partial charge in [-0.2, -0.15) is 18.3 Å². The third-order valence-corrected chi connectivity index (χ3v) is 22.9. The summed E-state index contributed by atoms with van der Waals surface area (Å²) < 4.78 is 240. The number of pyridine rings is 4. The molecule has 0 radical (unpaired) electrons. The largest absolute Gasteiger partial charge is 0.456 e. The van der Waals surface area contributed by atoms with Crippen molar-refractivity contribution in [1.29, 1.82) is 0 Å². The first-order chi connectivity index (χ1) is 67.7. The molecule has 0 atom stereocenters. The Kier molecular flexibility index (Phi) is 16.8. The molecule has 12 heteroatoms. The van der Waals surface area contributed by atoms with Gasteiger partial charge in [0.1, 0.15) is 72.9 Å². The number of nitrogens with zero attached hydrogens (tertiary/aromatic N) is 8. The van der Waals surface area contributed by atoms with Crippen molar-refractivity contribution in [3.63, 3.8) is 0 Å². The molecule has 0 aliphatic carbocycles. The first kappa shape index (κ1) is 62.6. The van der Waals surface area contributed by atoms with Crippen molar-refractivity contribution in [2.45, 2.75) is 219 Å². The first-order valence-corrected chi connectivity index (χ1v) is 41.3. The maximum atomic E-state index is 9.31. The number of aryl methyl sites for hydroxylation is 8. The molecule has 0 fully saturated rings. The van der Waals surface area contributed by atoms with Crippen LogP contribution in [0.1, 0.15) is 228 Å². The number of aromatic nitrogens is 4. The van der Waals surface area contributed by atoms with Crippen LogP contribution in [-0.2, 0) is 53.7 Å². The van der Waals surface area contributed by atoms with E-state index in [1.165, 1.54) is 0 Å². The molecule has 124 heavy (non-hydrogen) atoms. The fraction of sp³-hybridized carbons (Fsp3) is 0.357. The quantitative estimate of drug-likeness (QED) is 0.112. The summed E-state index contributed by atoms with van der Waals surface area (Å²) in [5, 5.41) is 6.70. The van der Waals surface area contributed by atoms with Gasteiger partial charge in [-0.15, -0.1) is 0 Å². The second-order valence-corrected chi connectivity index (χ2v) is 36.9. The van der Waals surface area contributed by atoms with Crippen LogP contribution in [0.4, 0.5) is 22.7 Å². The van der Waals surface area contributed by atoms with E-state index in [4.69, 9.17) is 71.4 Å². The van der Waals surface area contributed by atoms with Gasteiger partial charge >= 0.3 is 0 Å². The maximum Gasteiger partial charge on any atom is 0.216 e. The summed E-state index contributed by atoms with van der Waals surface area (Å²) in [5.41, 5.74) is 13.5. The van der Waals surface area contributed by atoms with Crippen LogP contribution in [0.2, 0.25) is 0 Å². The van der Waals surface area contributed by atoms with Crippen LogP contribution in [-0.4, -0.2) is 0 Å². The first-order valence-electron chi connectivity index (χ1n) is 53.3.